The Morgan fingerprint density at radius 1 is 1.14 bits per heavy atom. The van der Waals surface area contributed by atoms with Crippen LogP contribution in [0, 0.1) is 6.92 Å². The number of benzene rings is 2. The maximum atomic E-state index is 11.5. The molecule has 1 N–H and O–H groups in total. The van der Waals surface area contributed by atoms with Gasteiger partial charge in [0.25, 0.3) is 0 Å². The van der Waals surface area contributed by atoms with E-state index in [-0.39, 0.29) is 11.3 Å². The lowest BCUT2D eigenvalue weighted by Crippen LogP contribution is -2.03. The Morgan fingerprint density at radius 2 is 1.90 bits per heavy atom. The molecule has 0 aromatic heterocycles. The molecular formula is C16H12Cl3NO. The molecule has 2 aromatic rings. The fraction of sp³-hybridized carbons (Fsp3) is 0.188. The number of anilines is 1. The molecule has 2 nitrogen and oxygen atoms in total. The highest BCUT2D eigenvalue weighted by molar-refractivity contribution is 6.34. The van der Waals surface area contributed by atoms with Crippen molar-refractivity contribution < 1.29 is 4.79 Å². The van der Waals surface area contributed by atoms with Crippen molar-refractivity contribution in [2.75, 3.05) is 5.32 Å². The van der Waals surface area contributed by atoms with Crippen molar-refractivity contribution in [2.24, 2.45) is 0 Å². The van der Waals surface area contributed by atoms with Gasteiger partial charge in [0.1, 0.15) is 0 Å². The van der Waals surface area contributed by atoms with E-state index in [1.165, 1.54) is 0 Å². The third-order valence-corrected chi connectivity index (χ3v) is 4.66. The van der Waals surface area contributed by atoms with Gasteiger partial charge in [-0.2, -0.15) is 0 Å². The largest absolute Gasteiger partial charge is 0.325 e. The number of nitrogens with one attached hydrogen (secondary N) is 1. The van der Waals surface area contributed by atoms with E-state index in [9.17, 15) is 4.79 Å². The molecule has 21 heavy (non-hydrogen) atoms. The second-order valence-corrected chi connectivity index (χ2v) is 6.40. The van der Waals surface area contributed by atoms with Crippen molar-refractivity contribution in [3.8, 4) is 0 Å². The molecule has 0 aliphatic carbocycles. The van der Waals surface area contributed by atoms with Gasteiger partial charge in [-0.15, -0.1) is 11.6 Å². The monoisotopic (exact) mass is 339 g/mol. The normalized spacial score (nSPS) is 14.8. The van der Waals surface area contributed by atoms with Crippen LogP contribution < -0.4 is 5.32 Å². The van der Waals surface area contributed by atoms with E-state index in [4.69, 9.17) is 34.8 Å². The smallest absolute Gasteiger partial charge is 0.228 e. The molecule has 3 rings (SSSR count). The molecule has 0 bridgehead atoms. The molecule has 0 fully saturated rings. The summed E-state index contributed by atoms with van der Waals surface area (Å²) < 4.78 is 0. The minimum atomic E-state index is -0.379. The first-order chi connectivity index (χ1) is 9.95. The fourth-order valence-corrected chi connectivity index (χ4v) is 3.53. The molecular weight excluding hydrogens is 329 g/mol. The van der Waals surface area contributed by atoms with E-state index in [0.717, 1.165) is 27.9 Å². The summed E-state index contributed by atoms with van der Waals surface area (Å²) in [6, 6.07) is 9.26. The van der Waals surface area contributed by atoms with Crippen LogP contribution in [0.4, 0.5) is 5.69 Å². The average molecular weight is 341 g/mol. The van der Waals surface area contributed by atoms with Crippen molar-refractivity contribution in [2.45, 2.75) is 18.7 Å². The van der Waals surface area contributed by atoms with E-state index in [1.54, 1.807) is 6.07 Å². The van der Waals surface area contributed by atoms with Crippen molar-refractivity contribution in [3.05, 3.63) is 62.6 Å². The Kier molecular flexibility index (Phi) is 3.87. The van der Waals surface area contributed by atoms with Crippen LogP contribution in [0.1, 0.15) is 27.6 Å². The summed E-state index contributed by atoms with van der Waals surface area (Å²) in [6.45, 7) is 1.96. The maximum absolute atomic E-state index is 11.5. The molecule has 0 spiro atoms. The molecule has 0 radical (unpaired) electrons. The van der Waals surface area contributed by atoms with Gasteiger partial charge < -0.3 is 5.32 Å². The summed E-state index contributed by atoms with van der Waals surface area (Å²) in [4.78, 5) is 11.5. The van der Waals surface area contributed by atoms with Gasteiger partial charge in [-0.05, 0) is 53.4 Å². The van der Waals surface area contributed by atoms with E-state index in [2.05, 4.69) is 5.32 Å². The molecule has 1 aliphatic heterocycles. The average Bonchev–Trinajstić information content (AvgIpc) is 2.76. The Morgan fingerprint density at radius 3 is 2.62 bits per heavy atom. The molecule has 1 heterocycles. The highest BCUT2D eigenvalue weighted by Crippen LogP contribution is 2.39. The van der Waals surface area contributed by atoms with Gasteiger partial charge in [0.15, 0.2) is 0 Å². The van der Waals surface area contributed by atoms with Gasteiger partial charge in [-0.3, -0.25) is 4.79 Å². The molecule has 1 atom stereocenters. The molecule has 2 aromatic carbocycles. The van der Waals surface area contributed by atoms with Crippen LogP contribution in [0.5, 0.6) is 0 Å². The van der Waals surface area contributed by atoms with Crippen molar-refractivity contribution in [3.63, 3.8) is 0 Å². The minimum absolute atomic E-state index is 0.0213. The third-order valence-electron chi connectivity index (χ3n) is 3.63. The summed E-state index contributed by atoms with van der Waals surface area (Å²) in [5, 5.41) is 3.62. The Labute approximate surface area is 138 Å². The predicted octanol–water partition coefficient (Wildman–Crippen LogP) is 5.12. The number of carbonyl (C=O) groups is 1. The molecule has 1 aliphatic rings. The van der Waals surface area contributed by atoms with Crippen molar-refractivity contribution in [1.29, 1.82) is 0 Å². The van der Waals surface area contributed by atoms with Crippen LogP contribution in [-0.4, -0.2) is 5.91 Å². The SMILES string of the molecule is Cc1cc(Cl)ccc1C(Cl)c1cc2c(cc1Cl)NC(=O)C2. The zero-order chi connectivity index (χ0) is 15.1. The molecule has 108 valence electrons. The topological polar surface area (TPSA) is 29.1 Å². The first-order valence-corrected chi connectivity index (χ1v) is 7.67. The number of hydrogen-bond donors (Lipinski definition) is 1. The lowest BCUT2D eigenvalue weighted by molar-refractivity contribution is -0.115. The number of hydrogen-bond acceptors (Lipinski definition) is 1. The van der Waals surface area contributed by atoms with Gasteiger partial charge in [-0.1, -0.05) is 29.3 Å². The van der Waals surface area contributed by atoms with Gasteiger partial charge in [0.05, 0.1) is 11.8 Å². The lowest BCUT2D eigenvalue weighted by atomic mass is 9.98. The van der Waals surface area contributed by atoms with E-state index in [1.807, 2.05) is 31.2 Å². The summed E-state index contributed by atoms with van der Waals surface area (Å²) in [5.41, 5.74) is 4.47. The van der Waals surface area contributed by atoms with Crippen LogP contribution in [0.3, 0.4) is 0 Å². The van der Waals surface area contributed by atoms with Crippen molar-refractivity contribution in [1.82, 2.24) is 0 Å². The number of alkyl halides is 1. The third kappa shape index (κ3) is 2.76. The first kappa shape index (κ1) is 14.7. The highest BCUT2D eigenvalue weighted by Gasteiger charge is 2.23. The van der Waals surface area contributed by atoms with Gasteiger partial charge >= 0.3 is 0 Å². The van der Waals surface area contributed by atoms with Gasteiger partial charge in [0, 0.05) is 15.7 Å². The maximum Gasteiger partial charge on any atom is 0.228 e. The number of fused-ring (bicyclic) bond motifs is 1. The van der Waals surface area contributed by atoms with Gasteiger partial charge in [-0.25, -0.2) is 0 Å². The van der Waals surface area contributed by atoms with E-state index >= 15 is 0 Å². The quantitative estimate of drug-likeness (QED) is 0.755. The summed E-state index contributed by atoms with van der Waals surface area (Å²) >= 11 is 18.9. The fourth-order valence-electron chi connectivity index (χ4n) is 2.55. The second kappa shape index (κ2) is 5.53. The molecule has 0 saturated heterocycles. The lowest BCUT2D eigenvalue weighted by Gasteiger charge is -2.16. The first-order valence-electron chi connectivity index (χ1n) is 6.48. The number of aryl methyl sites for hydroxylation is 1. The summed E-state index contributed by atoms with van der Waals surface area (Å²) in [6.07, 6.45) is 0.364. The Bertz CT molecular complexity index is 743. The van der Waals surface area contributed by atoms with Crippen LogP contribution in [-0.2, 0) is 11.2 Å². The zero-order valence-electron chi connectivity index (χ0n) is 11.2. The molecule has 0 saturated carbocycles. The van der Waals surface area contributed by atoms with E-state index < -0.39 is 0 Å². The standard InChI is InChI=1S/C16H12Cl3NO/c1-8-4-10(17)2-3-11(8)16(19)12-5-9-6-15(21)20-14(9)7-13(12)18/h2-5,7,16H,6H2,1H3,(H,20,21). The number of rotatable bonds is 2. The highest BCUT2D eigenvalue weighted by atomic mass is 35.5. The predicted molar refractivity (Wildman–Crippen MR) is 87.7 cm³/mol. The number of carbonyl (C=O) groups excluding carboxylic acids is 1. The van der Waals surface area contributed by atoms with Crippen LogP contribution in [0.15, 0.2) is 30.3 Å². The minimum Gasteiger partial charge on any atom is -0.325 e. The second-order valence-electron chi connectivity index (χ2n) is 5.12. The molecule has 1 unspecified atom stereocenters. The zero-order valence-corrected chi connectivity index (χ0v) is 13.5. The van der Waals surface area contributed by atoms with Gasteiger partial charge in [0.2, 0.25) is 5.91 Å². The Hall–Kier alpha value is -1.22. The van der Waals surface area contributed by atoms with Crippen LogP contribution in [0.2, 0.25) is 10.0 Å². The van der Waals surface area contributed by atoms with Crippen LogP contribution in [0.25, 0.3) is 0 Å². The summed E-state index contributed by atoms with van der Waals surface area (Å²) in [7, 11) is 0. The molecule has 1 amide bonds. The molecule has 5 heteroatoms. The number of amides is 1. The van der Waals surface area contributed by atoms with Crippen LogP contribution >= 0.6 is 34.8 Å². The van der Waals surface area contributed by atoms with E-state index in [0.29, 0.717) is 16.5 Å². The Balaban J connectivity index is 2.04. The number of halogens is 3. The van der Waals surface area contributed by atoms with Crippen molar-refractivity contribution >= 4 is 46.4 Å². The summed E-state index contributed by atoms with van der Waals surface area (Å²) in [5.74, 6) is -0.0213.